The van der Waals surface area contributed by atoms with E-state index >= 15 is 0 Å². The van der Waals surface area contributed by atoms with Crippen molar-refractivity contribution in [3.05, 3.63) is 93.2 Å². The number of nitrogens with one attached hydrogen (secondary N) is 1. The van der Waals surface area contributed by atoms with Gasteiger partial charge in [-0.05, 0) is 72.7 Å². The summed E-state index contributed by atoms with van der Waals surface area (Å²) in [4.78, 5) is 26.1. The highest BCUT2D eigenvalue weighted by atomic mass is 35.5. The van der Waals surface area contributed by atoms with Crippen molar-refractivity contribution in [1.29, 1.82) is 0 Å². The molecule has 0 saturated carbocycles. The molecule has 1 aromatic heterocycles. The standard InChI is InChI=1S/C28H26ClNO5/c29-21-10-13-23-24(17-21)30-28(34)26(27(23)33)20-6-4-5-19(16-20)15-18-8-11-22(12-9-18)35-14-3-1-2-7-25(31)32/h4-6,8-13,16-17H,1-3,7,14-15H2,(H,31,32)(H2,30,33,34). The minimum atomic E-state index is -0.765. The molecular weight excluding hydrogens is 466 g/mol. The van der Waals surface area contributed by atoms with Crippen LogP contribution in [0.1, 0.15) is 36.8 Å². The number of hydrogen-bond donors (Lipinski definition) is 3. The van der Waals surface area contributed by atoms with Gasteiger partial charge in [0.25, 0.3) is 5.56 Å². The van der Waals surface area contributed by atoms with Crippen molar-refractivity contribution in [3.8, 4) is 22.6 Å². The van der Waals surface area contributed by atoms with Crippen molar-refractivity contribution >= 4 is 28.5 Å². The first-order valence-corrected chi connectivity index (χ1v) is 11.9. The second kappa shape index (κ2) is 11.1. The van der Waals surface area contributed by atoms with E-state index in [1.165, 1.54) is 0 Å². The van der Waals surface area contributed by atoms with Crippen LogP contribution in [0, 0.1) is 0 Å². The molecule has 4 rings (SSSR count). The van der Waals surface area contributed by atoms with E-state index in [9.17, 15) is 14.7 Å². The summed E-state index contributed by atoms with van der Waals surface area (Å²) >= 11 is 6.01. The Morgan fingerprint density at radius 3 is 2.51 bits per heavy atom. The Kier molecular flexibility index (Phi) is 7.73. The van der Waals surface area contributed by atoms with E-state index < -0.39 is 5.97 Å². The summed E-state index contributed by atoms with van der Waals surface area (Å²) < 4.78 is 5.74. The third kappa shape index (κ3) is 6.22. The summed E-state index contributed by atoms with van der Waals surface area (Å²) in [5.41, 5.74) is 3.07. The lowest BCUT2D eigenvalue weighted by Gasteiger charge is -2.10. The molecule has 0 bridgehead atoms. The largest absolute Gasteiger partial charge is 0.506 e. The Morgan fingerprint density at radius 1 is 0.943 bits per heavy atom. The van der Waals surface area contributed by atoms with Gasteiger partial charge in [0.15, 0.2) is 0 Å². The van der Waals surface area contributed by atoms with Crippen LogP contribution in [0.3, 0.4) is 0 Å². The average Bonchev–Trinajstić information content (AvgIpc) is 2.82. The van der Waals surface area contributed by atoms with Crippen molar-refractivity contribution in [1.82, 2.24) is 4.98 Å². The Morgan fingerprint density at radius 2 is 1.74 bits per heavy atom. The number of H-pyrrole nitrogens is 1. The third-order valence-corrected chi connectivity index (χ3v) is 6.03. The van der Waals surface area contributed by atoms with Gasteiger partial charge in [0.05, 0.1) is 17.7 Å². The van der Waals surface area contributed by atoms with Crippen LogP contribution in [0.15, 0.2) is 71.5 Å². The molecule has 0 spiro atoms. The highest BCUT2D eigenvalue weighted by Crippen LogP contribution is 2.33. The number of aromatic hydroxyl groups is 1. The number of hydrogen-bond acceptors (Lipinski definition) is 4. The zero-order chi connectivity index (χ0) is 24.8. The van der Waals surface area contributed by atoms with Gasteiger partial charge in [0.2, 0.25) is 0 Å². The number of carbonyl (C=O) groups is 1. The maximum atomic E-state index is 12.7. The number of rotatable bonds is 10. The molecule has 0 saturated heterocycles. The lowest BCUT2D eigenvalue weighted by Crippen LogP contribution is -2.09. The molecule has 0 fully saturated rings. The molecule has 3 aromatic carbocycles. The number of halogens is 1. The third-order valence-electron chi connectivity index (χ3n) is 5.80. The summed E-state index contributed by atoms with van der Waals surface area (Å²) in [5, 5.41) is 20.5. The van der Waals surface area contributed by atoms with Crippen LogP contribution in [0.4, 0.5) is 0 Å². The van der Waals surface area contributed by atoms with E-state index in [1.54, 1.807) is 18.2 Å². The van der Waals surface area contributed by atoms with E-state index in [-0.39, 0.29) is 23.3 Å². The first kappa shape index (κ1) is 24.4. The number of benzene rings is 3. The summed E-state index contributed by atoms with van der Waals surface area (Å²) in [6.07, 6.45) is 3.15. The van der Waals surface area contributed by atoms with Crippen LogP contribution in [0.5, 0.6) is 11.5 Å². The van der Waals surface area contributed by atoms with E-state index in [2.05, 4.69) is 4.98 Å². The van der Waals surface area contributed by atoms with Gasteiger partial charge in [-0.15, -0.1) is 0 Å². The van der Waals surface area contributed by atoms with Gasteiger partial charge in [0, 0.05) is 16.8 Å². The zero-order valence-electron chi connectivity index (χ0n) is 19.1. The van der Waals surface area contributed by atoms with Crippen molar-refractivity contribution in [2.45, 2.75) is 32.1 Å². The fraction of sp³-hybridized carbons (Fsp3) is 0.214. The number of pyridine rings is 1. The van der Waals surface area contributed by atoms with Gasteiger partial charge >= 0.3 is 5.97 Å². The fourth-order valence-corrected chi connectivity index (χ4v) is 4.21. The molecule has 0 aliphatic heterocycles. The van der Waals surface area contributed by atoms with Crippen LogP contribution in [-0.4, -0.2) is 27.8 Å². The molecule has 0 aliphatic carbocycles. The Bertz CT molecular complexity index is 1400. The van der Waals surface area contributed by atoms with E-state index in [1.807, 2.05) is 48.5 Å². The number of carboxylic acids is 1. The number of aromatic amines is 1. The lowest BCUT2D eigenvalue weighted by atomic mass is 9.98. The number of fused-ring (bicyclic) bond motifs is 1. The summed E-state index contributed by atoms with van der Waals surface area (Å²) in [6, 6.07) is 20.4. The van der Waals surface area contributed by atoms with E-state index in [0.717, 1.165) is 29.7 Å². The highest BCUT2D eigenvalue weighted by molar-refractivity contribution is 6.31. The lowest BCUT2D eigenvalue weighted by molar-refractivity contribution is -0.137. The minimum absolute atomic E-state index is 0.0676. The number of carboxylic acid groups (broad SMARTS) is 1. The molecule has 0 unspecified atom stereocenters. The molecule has 180 valence electrons. The summed E-state index contributed by atoms with van der Waals surface area (Å²) in [7, 11) is 0. The molecule has 0 aliphatic rings. The van der Waals surface area contributed by atoms with Gasteiger partial charge < -0.3 is 19.9 Å². The van der Waals surface area contributed by atoms with Crippen molar-refractivity contribution in [2.24, 2.45) is 0 Å². The highest BCUT2D eigenvalue weighted by Gasteiger charge is 2.14. The molecule has 6 nitrogen and oxygen atoms in total. The molecule has 0 radical (unpaired) electrons. The first-order valence-electron chi connectivity index (χ1n) is 11.5. The van der Waals surface area contributed by atoms with Crippen molar-refractivity contribution < 1.29 is 19.7 Å². The average molecular weight is 492 g/mol. The maximum Gasteiger partial charge on any atom is 0.303 e. The number of ether oxygens (including phenoxy) is 1. The molecule has 1 heterocycles. The quantitative estimate of drug-likeness (QED) is 0.230. The van der Waals surface area contributed by atoms with Crippen molar-refractivity contribution in [3.63, 3.8) is 0 Å². The number of unbranched alkanes of at least 4 members (excludes halogenated alkanes) is 2. The summed E-state index contributed by atoms with van der Waals surface area (Å²) in [5.74, 6) is -0.0613. The fourth-order valence-electron chi connectivity index (χ4n) is 4.04. The summed E-state index contributed by atoms with van der Waals surface area (Å²) in [6.45, 7) is 0.553. The van der Waals surface area contributed by atoms with E-state index in [4.69, 9.17) is 21.4 Å². The molecule has 0 atom stereocenters. The van der Waals surface area contributed by atoms with Gasteiger partial charge in [-0.2, -0.15) is 0 Å². The second-order valence-electron chi connectivity index (χ2n) is 8.44. The normalized spacial score (nSPS) is 11.0. The number of aromatic nitrogens is 1. The van der Waals surface area contributed by atoms with Crippen LogP contribution >= 0.6 is 11.6 Å². The molecule has 0 amide bonds. The van der Waals surface area contributed by atoms with Crippen LogP contribution in [-0.2, 0) is 11.2 Å². The molecule has 7 heteroatoms. The van der Waals surface area contributed by atoms with Crippen LogP contribution in [0.2, 0.25) is 5.02 Å². The molecular formula is C28H26ClNO5. The van der Waals surface area contributed by atoms with Gasteiger partial charge in [-0.3, -0.25) is 9.59 Å². The van der Waals surface area contributed by atoms with Crippen molar-refractivity contribution in [2.75, 3.05) is 6.61 Å². The minimum Gasteiger partial charge on any atom is -0.506 e. The van der Waals surface area contributed by atoms with Crippen LogP contribution in [0.25, 0.3) is 22.0 Å². The van der Waals surface area contributed by atoms with Gasteiger partial charge in [0.1, 0.15) is 11.5 Å². The molecule has 3 N–H and O–H groups in total. The van der Waals surface area contributed by atoms with Gasteiger partial charge in [-0.25, -0.2) is 0 Å². The molecule has 35 heavy (non-hydrogen) atoms. The second-order valence-corrected chi connectivity index (χ2v) is 8.88. The molecule has 4 aromatic rings. The maximum absolute atomic E-state index is 12.7. The SMILES string of the molecule is O=C(O)CCCCCOc1ccc(Cc2cccc(-c3c(O)c4ccc(Cl)cc4[nH]c3=O)c2)cc1. The first-order chi connectivity index (χ1) is 16.9. The van der Waals surface area contributed by atoms with E-state index in [0.29, 0.717) is 40.9 Å². The smallest absolute Gasteiger partial charge is 0.303 e. The Hall–Kier alpha value is -3.77. The Labute approximate surface area is 207 Å². The Balaban J connectivity index is 1.43. The van der Waals surface area contributed by atoms with Gasteiger partial charge in [-0.1, -0.05) is 48.0 Å². The predicted octanol–water partition coefficient (Wildman–Crippen LogP) is 6.17. The number of aliphatic carboxylic acids is 1. The van der Waals surface area contributed by atoms with Crippen LogP contribution < -0.4 is 10.3 Å². The topological polar surface area (TPSA) is 99.6 Å². The predicted molar refractivity (Wildman–Crippen MR) is 138 cm³/mol. The zero-order valence-corrected chi connectivity index (χ0v) is 19.8. The monoisotopic (exact) mass is 491 g/mol.